The first kappa shape index (κ1) is 44.1. The number of ketones is 2. The fourth-order valence-corrected chi connectivity index (χ4v) is 8.52. The number of ether oxygens (including phenoxy) is 6. The van der Waals surface area contributed by atoms with Crippen LogP contribution in [0.2, 0.25) is 0 Å². The molecule has 0 aromatic rings. The first-order valence-electron chi connectivity index (χ1n) is 18.8. The number of amides is 1. The molecule has 13 atom stereocenters. The number of carbonyl (C=O) groups is 5. The molecular weight excluding hydrogens is 690 g/mol. The van der Waals surface area contributed by atoms with Crippen LogP contribution in [0.1, 0.15) is 94.4 Å². The molecule has 3 aliphatic rings. The van der Waals surface area contributed by atoms with Crippen LogP contribution in [0.25, 0.3) is 10.4 Å². The number of nitrogens with zero attached hydrogens (tertiary/aromatic N) is 5. The molecule has 1 amide bonds. The zero-order valence-electron chi connectivity index (χ0n) is 33.5. The Kier molecular flexibility index (Phi) is 15.3. The molecule has 0 saturated carbocycles. The second-order valence-corrected chi connectivity index (χ2v) is 15.6. The Hall–Kier alpha value is -3.30. The number of rotatable bonds is 11. The third kappa shape index (κ3) is 9.69. The third-order valence-corrected chi connectivity index (χ3v) is 11.4. The lowest BCUT2D eigenvalue weighted by atomic mass is 9.73. The number of hydrogen-bond donors (Lipinski definition) is 0. The summed E-state index contributed by atoms with van der Waals surface area (Å²) in [6.45, 7) is 15.5. The van der Waals surface area contributed by atoms with E-state index >= 15 is 0 Å². The molecule has 53 heavy (non-hydrogen) atoms. The van der Waals surface area contributed by atoms with Crippen molar-refractivity contribution in [2.24, 2.45) is 28.8 Å². The molecule has 0 spiro atoms. The molecule has 0 aromatic carbocycles. The summed E-state index contributed by atoms with van der Waals surface area (Å²) in [5.74, 6) is -5.74. The summed E-state index contributed by atoms with van der Waals surface area (Å²) in [4.78, 5) is 74.8. The van der Waals surface area contributed by atoms with E-state index < -0.39 is 89.3 Å². The van der Waals surface area contributed by atoms with Gasteiger partial charge in [-0.2, -0.15) is 0 Å². The molecule has 0 radical (unpaired) electrons. The Morgan fingerprint density at radius 2 is 1.72 bits per heavy atom. The molecule has 0 aromatic heterocycles. The van der Waals surface area contributed by atoms with Crippen molar-refractivity contribution in [2.45, 2.75) is 148 Å². The van der Waals surface area contributed by atoms with Crippen LogP contribution in [0.15, 0.2) is 5.11 Å². The molecule has 16 heteroatoms. The van der Waals surface area contributed by atoms with Gasteiger partial charge in [-0.1, -0.05) is 32.8 Å². The standard InChI is InChI=1S/C37H61N5O11/c1-13-27-37(9)31(42(35(47)53-37)17-15-14-16-39-40-38)22(4)28(44)20(2)19-36(8,48-12)32(23(5)29(45)24(6)33(46)51-27)52-34-30(50-25(7)43)26(41(10)11)18-21(3)49-34/h20-24,26-27,30-32,34H,13-19H2,1-12H3/t20-,21?,22+,23?,24?,26?,27?,30?,31?,32-,34?,36+,37-/m1/s1. The van der Waals surface area contributed by atoms with Crippen LogP contribution in [-0.2, 0) is 47.6 Å². The summed E-state index contributed by atoms with van der Waals surface area (Å²) in [5, 5.41) is 3.57. The number of esters is 2. The smallest absolute Gasteiger partial charge is 0.410 e. The van der Waals surface area contributed by atoms with E-state index in [1.54, 1.807) is 41.5 Å². The maximum absolute atomic E-state index is 14.6. The van der Waals surface area contributed by atoms with E-state index in [1.807, 2.05) is 25.9 Å². The lowest BCUT2D eigenvalue weighted by Crippen LogP contribution is -2.61. The van der Waals surface area contributed by atoms with Crippen LogP contribution >= 0.6 is 0 Å². The molecule has 3 aliphatic heterocycles. The Morgan fingerprint density at radius 3 is 2.28 bits per heavy atom. The van der Waals surface area contributed by atoms with Crippen molar-refractivity contribution in [1.82, 2.24) is 9.80 Å². The van der Waals surface area contributed by atoms with Crippen LogP contribution in [0.4, 0.5) is 4.79 Å². The van der Waals surface area contributed by atoms with Gasteiger partial charge in [0.05, 0.1) is 29.9 Å². The number of methoxy groups -OCH3 is 1. The summed E-state index contributed by atoms with van der Waals surface area (Å²) >= 11 is 0. The van der Waals surface area contributed by atoms with Gasteiger partial charge in [0.15, 0.2) is 23.8 Å². The summed E-state index contributed by atoms with van der Waals surface area (Å²) in [6.07, 6.45) is -3.15. The van der Waals surface area contributed by atoms with Crippen LogP contribution in [-0.4, -0.2) is 128 Å². The highest BCUT2D eigenvalue weighted by Crippen LogP contribution is 2.43. The molecule has 3 fully saturated rings. The minimum absolute atomic E-state index is 0.0903. The number of unbranched alkanes of at least 4 members (excludes halogenated alkanes) is 1. The van der Waals surface area contributed by atoms with Gasteiger partial charge in [-0.15, -0.1) is 0 Å². The highest BCUT2D eigenvalue weighted by molar-refractivity contribution is 6.00. The average molecular weight is 752 g/mol. The Bertz CT molecular complexity index is 1390. The first-order valence-corrected chi connectivity index (χ1v) is 18.8. The highest BCUT2D eigenvalue weighted by atomic mass is 16.7. The maximum atomic E-state index is 14.6. The fraction of sp³-hybridized carbons (Fsp3) is 0.865. The quantitative estimate of drug-likeness (QED) is 0.0530. The summed E-state index contributed by atoms with van der Waals surface area (Å²) in [7, 11) is 5.20. The van der Waals surface area contributed by atoms with Crippen molar-refractivity contribution in [3.8, 4) is 0 Å². The number of fused-ring (bicyclic) bond motifs is 1. The van der Waals surface area contributed by atoms with E-state index in [0.29, 0.717) is 19.3 Å². The molecule has 3 rings (SSSR count). The lowest BCUT2D eigenvalue weighted by molar-refractivity contribution is -0.298. The van der Waals surface area contributed by atoms with Gasteiger partial charge in [0.1, 0.15) is 17.8 Å². The second kappa shape index (κ2) is 18.4. The van der Waals surface area contributed by atoms with Crippen molar-refractivity contribution in [3.05, 3.63) is 10.4 Å². The van der Waals surface area contributed by atoms with Crippen molar-refractivity contribution in [2.75, 3.05) is 34.3 Å². The Morgan fingerprint density at radius 1 is 1.06 bits per heavy atom. The number of cyclic esters (lactones) is 1. The largest absolute Gasteiger partial charge is 0.458 e. The van der Waals surface area contributed by atoms with Gasteiger partial charge >= 0.3 is 18.0 Å². The minimum atomic E-state index is -1.43. The Labute approximate surface area is 313 Å². The lowest BCUT2D eigenvalue weighted by Gasteiger charge is -2.47. The van der Waals surface area contributed by atoms with E-state index in [1.165, 1.54) is 25.9 Å². The van der Waals surface area contributed by atoms with E-state index in [-0.39, 0.29) is 43.9 Å². The number of carbonyl (C=O) groups excluding carboxylic acids is 5. The fourth-order valence-electron chi connectivity index (χ4n) is 8.52. The molecule has 16 nitrogen and oxygen atoms in total. The molecule has 0 N–H and O–H groups in total. The molecule has 8 unspecified atom stereocenters. The van der Waals surface area contributed by atoms with Gasteiger partial charge in [-0.05, 0) is 79.4 Å². The molecule has 0 aliphatic carbocycles. The van der Waals surface area contributed by atoms with Gasteiger partial charge in [0, 0.05) is 49.8 Å². The monoisotopic (exact) mass is 751 g/mol. The topological polar surface area (TPSA) is 196 Å². The minimum Gasteiger partial charge on any atom is -0.458 e. The zero-order valence-corrected chi connectivity index (χ0v) is 33.5. The van der Waals surface area contributed by atoms with Gasteiger partial charge < -0.3 is 38.2 Å². The molecule has 3 heterocycles. The van der Waals surface area contributed by atoms with E-state index in [2.05, 4.69) is 10.0 Å². The second-order valence-electron chi connectivity index (χ2n) is 15.6. The van der Waals surface area contributed by atoms with Crippen LogP contribution in [0, 0.1) is 23.7 Å². The SMILES string of the molecule is CCC1OC(=O)C(C)C(=O)C(C)[C@@H](OC2OC(C)CC(N(C)C)C2OC(C)=O)[C@@](C)(OC)C[C@@H](C)C(=O)[C@H](C)C2N(CCCCN=[N+]=[N-])C(=O)O[C@]12C. The van der Waals surface area contributed by atoms with Crippen molar-refractivity contribution in [3.63, 3.8) is 0 Å². The normalized spacial score (nSPS) is 38.7. The predicted molar refractivity (Wildman–Crippen MR) is 192 cm³/mol. The summed E-state index contributed by atoms with van der Waals surface area (Å²) < 4.78 is 37.0. The highest BCUT2D eigenvalue weighted by Gasteiger charge is 2.60. The first-order chi connectivity index (χ1) is 24.8. The van der Waals surface area contributed by atoms with Crippen LogP contribution in [0.5, 0.6) is 0 Å². The molecule has 3 saturated heterocycles. The van der Waals surface area contributed by atoms with Crippen molar-refractivity contribution < 1.29 is 52.4 Å². The van der Waals surface area contributed by atoms with E-state index in [4.69, 9.17) is 34.0 Å². The van der Waals surface area contributed by atoms with E-state index in [9.17, 15) is 24.0 Å². The molecule has 300 valence electrons. The zero-order chi connectivity index (χ0) is 40.0. The average Bonchev–Trinajstić information content (AvgIpc) is 3.36. The Balaban J connectivity index is 2.14. The number of Topliss-reactive ketones (excluding diaryl/α,β-unsaturated/α-hetero) is 2. The van der Waals surface area contributed by atoms with Crippen LogP contribution < -0.4 is 0 Å². The number of hydrogen-bond acceptors (Lipinski definition) is 13. The van der Waals surface area contributed by atoms with Gasteiger partial charge in [-0.25, -0.2) is 4.79 Å². The van der Waals surface area contributed by atoms with Gasteiger partial charge in [0.25, 0.3) is 0 Å². The third-order valence-electron chi connectivity index (χ3n) is 11.4. The molecule has 0 bridgehead atoms. The van der Waals surface area contributed by atoms with Crippen LogP contribution in [0.3, 0.4) is 0 Å². The number of likely N-dealkylation sites (N-methyl/N-ethyl adjacent to an activating group) is 1. The summed E-state index contributed by atoms with van der Waals surface area (Å²) in [6, 6.07) is -1.11. The van der Waals surface area contributed by atoms with E-state index in [0.717, 1.165) is 0 Å². The predicted octanol–water partition coefficient (Wildman–Crippen LogP) is 4.85. The number of azide groups is 1. The van der Waals surface area contributed by atoms with Crippen molar-refractivity contribution >= 4 is 29.6 Å². The van der Waals surface area contributed by atoms with Gasteiger partial charge in [0.2, 0.25) is 0 Å². The summed E-state index contributed by atoms with van der Waals surface area (Å²) in [5.41, 5.74) is 5.94. The molecular formula is C37H61N5O11. The van der Waals surface area contributed by atoms with Crippen molar-refractivity contribution in [1.29, 1.82) is 0 Å². The van der Waals surface area contributed by atoms with Gasteiger partial charge in [-0.3, -0.25) is 19.2 Å². The maximum Gasteiger partial charge on any atom is 0.410 e.